The highest BCUT2D eigenvalue weighted by atomic mass is 16.3. The molecule has 1 aliphatic carbocycles. The summed E-state index contributed by atoms with van der Waals surface area (Å²) in [6.45, 7) is 4.61. The first kappa shape index (κ1) is 34.4. The number of aromatic nitrogens is 3. The SMILES string of the molecule is CC1(C)c2ccccc2-c2ccc(-c3nc(-c4ccccc4)nc(-c4ccc(-c5ccc(-c6ccc7ccccc7c6)cc5)c5oc6ccc7ccccc7c6c45)n3)cc21. The predicted molar refractivity (Wildman–Crippen MR) is 247 cm³/mol. The van der Waals surface area contributed by atoms with Crippen molar-refractivity contribution in [3.05, 3.63) is 199 Å². The molecule has 2 aromatic heterocycles. The van der Waals surface area contributed by atoms with Gasteiger partial charge in [0.25, 0.3) is 0 Å². The molecule has 0 saturated carbocycles. The van der Waals surface area contributed by atoms with Crippen LogP contribution in [0.15, 0.2) is 192 Å². The lowest BCUT2D eigenvalue weighted by Crippen LogP contribution is -2.15. The van der Waals surface area contributed by atoms with Crippen molar-refractivity contribution in [1.29, 1.82) is 0 Å². The smallest absolute Gasteiger partial charge is 0.164 e. The molecule has 0 atom stereocenters. The topological polar surface area (TPSA) is 51.8 Å². The summed E-state index contributed by atoms with van der Waals surface area (Å²) in [6.07, 6.45) is 0. The molecule has 0 spiro atoms. The van der Waals surface area contributed by atoms with Gasteiger partial charge >= 0.3 is 0 Å². The Labute approximate surface area is 347 Å². The summed E-state index contributed by atoms with van der Waals surface area (Å²) < 4.78 is 6.93. The number of rotatable bonds is 5. The van der Waals surface area contributed by atoms with E-state index in [4.69, 9.17) is 19.4 Å². The minimum Gasteiger partial charge on any atom is -0.455 e. The molecule has 0 bridgehead atoms. The molecule has 0 aliphatic heterocycles. The molecule has 0 unspecified atom stereocenters. The Bertz CT molecular complexity index is 3510. The van der Waals surface area contributed by atoms with Crippen LogP contribution in [0.2, 0.25) is 0 Å². The normalized spacial score (nSPS) is 13.0. The summed E-state index contributed by atoms with van der Waals surface area (Å²) in [4.78, 5) is 15.8. The van der Waals surface area contributed by atoms with Crippen LogP contribution < -0.4 is 0 Å². The third-order valence-electron chi connectivity index (χ3n) is 12.5. The van der Waals surface area contributed by atoms with Crippen LogP contribution in [0.4, 0.5) is 0 Å². The van der Waals surface area contributed by atoms with Gasteiger partial charge in [0, 0.05) is 38.4 Å². The minimum atomic E-state index is -0.160. The van der Waals surface area contributed by atoms with E-state index in [1.807, 2.05) is 18.2 Å². The zero-order valence-electron chi connectivity index (χ0n) is 33.1. The summed E-state index contributed by atoms with van der Waals surface area (Å²) in [6, 6.07) is 66.6. The molecule has 12 rings (SSSR count). The number of nitrogens with zero attached hydrogens (tertiary/aromatic N) is 3. The molecule has 2 heterocycles. The Morgan fingerprint density at radius 2 is 0.967 bits per heavy atom. The molecule has 60 heavy (non-hydrogen) atoms. The van der Waals surface area contributed by atoms with Crippen LogP contribution in [0, 0.1) is 0 Å². The highest BCUT2D eigenvalue weighted by molar-refractivity contribution is 6.24. The molecule has 0 saturated heterocycles. The van der Waals surface area contributed by atoms with E-state index in [0.717, 1.165) is 66.1 Å². The Kier molecular flexibility index (Phi) is 7.54. The summed E-state index contributed by atoms with van der Waals surface area (Å²) >= 11 is 0. The van der Waals surface area contributed by atoms with E-state index in [9.17, 15) is 0 Å². The summed E-state index contributed by atoms with van der Waals surface area (Å²) in [7, 11) is 0. The van der Waals surface area contributed by atoms with Gasteiger partial charge in [-0.05, 0) is 90.8 Å². The molecule has 0 radical (unpaired) electrons. The van der Waals surface area contributed by atoms with E-state index in [2.05, 4.69) is 184 Å². The maximum absolute atomic E-state index is 6.93. The maximum Gasteiger partial charge on any atom is 0.164 e. The van der Waals surface area contributed by atoms with Gasteiger partial charge in [0.2, 0.25) is 0 Å². The Hall–Kier alpha value is -7.69. The largest absolute Gasteiger partial charge is 0.455 e. The minimum absolute atomic E-state index is 0.160. The standard InChI is InChI=1S/C56H37N3O/c1-56(2)47-19-11-10-18-44(47)45-28-26-41(33-48(45)56)54-57-53(38-14-4-3-5-15-38)58-55(59-54)46-30-29-43(52-51(46)50-42-17-9-8-13-36(42)27-31-49(50)60-52)37-23-20-35(21-24-37)40-25-22-34-12-6-7-16-39(34)32-40/h3-33H,1-2H3. The van der Waals surface area contributed by atoms with Gasteiger partial charge in [-0.25, -0.2) is 15.0 Å². The van der Waals surface area contributed by atoms with Gasteiger partial charge in [-0.15, -0.1) is 0 Å². The Morgan fingerprint density at radius 3 is 1.82 bits per heavy atom. The monoisotopic (exact) mass is 767 g/mol. The number of furan rings is 1. The van der Waals surface area contributed by atoms with E-state index in [1.165, 1.54) is 38.6 Å². The van der Waals surface area contributed by atoms with E-state index in [0.29, 0.717) is 17.5 Å². The van der Waals surface area contributed by atoms with Crippen molar-refractivity contribution >= 4 is 43.5 Å². The second-order valence-corrected chi connectivity index (χ2v) is 16.4. The van der Waals surface area contributed by atoms with Gasteiger partial charge < -0.3 is 4.42 Å². The highest BCUT2D eigenvalue weighted by Crippen LogP contribution is 2.50. The van der Waals surface area contributed by atoms with Crippen LogP contribution in [0.25, 0.3) is 111 Å². The second kappa shape index (κ2) is 13.2. The maximum atomic E-state index is 6.93. The average molecular weight is 768 g/mol. The van der Waals surface area contributed by atoms with Gasteiger partial charge in [0.15, 0.2) is 17.5 Å². The molecule has 0 N–H and O–H groups in total. The quantitative estimate of drug-likeness (QED) is 0.175. The molecule has 4 heteroatoms. The van der Waals surface area contributed by atoms with Crippen molar-refractivity contribution < 1.29 is 4.42 Å². The fourth-order valence-electron chi connectivity index (χ4n) is 9.45. The van der Waals surface area contributed by atoms with Crippen LogP contribution in [0.3, 0.4) is 0 Å². The zero-order valence-corrected chi connectivity index (χ0v) is 33.1. The molecule has 1 aliphatic rings. The lowest BCUT2D eigenvalue weighted by atomic mass is 9.82. The third-order valence-corrected chi connectivity index (χ3v) is 12.5. The summed E-state index contributed by atoms with van der Waals surface area (Å²) in [5.41, 5.74) is 13.8. The van der Waals surface area contributed by atoms with Gasteiger partial charge in [0.05, 0.1) is 0 Å². The van der Waals surface area contributed by atoms with Gasteiger partial charge in [-0.2, -0.15) is 0 Å². The molecule has 4 nitrogen and oxygen atoms in total. The highest BCUT2D eigenvalue weighted by Gasteiger charge is 2.35. The Balaban J connectivity index is 1.06. The fourth-order valence-corrected chi connectivity index (χ4v) is 9.45. The lowest BCUT2D eigenvalue weighted by Gasteiger charge is -2.21. The Morgan fingerprint density at radius 1 is 0.367 bits per heavy atom. The van der Waals surface area contributed by atoms with Gasteiger partial charge in [0.1, 0.15) is 11.2 Å². The first-order valence-electron chi connectivity index (χ1n) is 20.5. The van der Waals surface area contributed by atoms with Crippen molar-refractivity contribution in [2.75, 3.05) is 0 Å². The summed E-state index contributed by atoms with van der Waals surface area (Å²) in [5, 5.41) is 6.77. The van der Waals surface area contributed by atoms with Crippen LogP contribution >= 0.6 is 0 Å². The van der Waals surface area contributed by atoms with Crippen molar-refractivity contribution in [2.24, 2.45) is 0 Å². The molecular weight excluding hydrogens is 731 g/mol. The third kappa shape index (κ3) is 5.34. The second-order valence-electron chi connectivity index (χ2n) is 16.4. The van der Waals surface area contributed by atoms with Gasteiger partial charge in [-0.1, -0.05) is 172 Å². The van der Waals surface area contributed by atoms with Crippen LogP contribution in [0.5, 0.6) is 0 Å². The number of hydrogen-bond acceptors (Lipinski definition) is 4. The first-order valence-corrected chi connectivity index (χ1v) is 20.5. The predicted octanol–water partition coefficient (Wildman–Crippen LogP) is 14.7. The van der Waals surface area contributed by atoms with Crippen molar-refractivity contribution in [2.45, 2.75) is 19.3 Å². The van der Waals surface area contributed by atoms with Crippen LogP contribution in [0.1, 0.15) is 25.0 Å². The van der Waals surface area contributed by atoms with Crippen molar-refractivity contribution in [1.82, 2.24) is 15.0 Å². The van der Waals surface area contributed by atoms with Gasteiger partial charge in [-0.3, -0.25) is 0 Å². The zero-order chi connectivity index (χ0) is 40.0. The van der Waals surface area contributed by atoms with Crippen molar-refractivity contribution in [3.63, 3.8) is 0 Å². The molecule has 0 amide bonds. The molecule has 282 valence electrons. The van der Waals surface area contributed by atoms with E-state index < -0.39 is 0 Å². The fraction of sp³-hybridized carbons (Fsp3) is 0.0536. The summed E-state index contributed by atoms with van der Waals surface area (Å²) in [5.74, 6) is 1.85. The number of benzene rings is 9. The number of fused-ring (bicyclic) bond motifs is 9. The van der Waals surface area contributed by atoms with Crippen molar-refractivity contribution in [3.8, 4) is 67.5 Å². The van der Waals surface area contributed by atoms with E-state index >= 15 is 0 Å². The molecule has 0 fully saturated rings. The van der Waals surface area contributed by atoms with E-state index in [-0.39, 0.29) is 5.41 Å². The lowest BCUT2D eigenvalue weighted by molar-refractivity contribution is 0.660. The van der Waals surface area contributed by atoms with E-state index in [1.54, 1.807) is 0 Å². The molecular formula is C56H37N3O. The van der Waals surface area contributed by atoms with Crippen LogP contribution in [-0.4, -0.2) is 15.0 Å². The first-order chi connectivity index (χ1) is 29.5. The number of hydrogen-bond donors (Lipinski definition) is 0. The van der Waals surface area contributed by atoms with Crippen LogP contribution in [-0.2, 0) is 5.41 Å². The molecule has 9 aromatic carbocycles. The average Bonchev–Trinajstić information content (AvgIpc) is 3.81. The molecule has 11 aromatic rings.